The zero-order chi connectivity index (χ0) is 16.8. The van der Waals surface area contributed by atoms with Crippen LogP contribution in [0.5, 0.6) is 0 Å². The zero-order valence-corrected chi connectivity index (χ0v) is 14.4. The van der Waals surface area contributed by atoms with E-state index in [4.69, 9.17) is 4.74 Å². The minimum Gasteiger partial charge on any atom is -0.378 e. The van der Waals surface area contributed by atoms with Crippen LogP contribution in [0.1, 0.15) is 49.9 Å². The first-order valence-electron chi connectivity index (χ1n) is 9.04. The fourth-order valence-electron chi connectivity index (χ4n) is 3.32. The van der Waals surface area contributed by atoms with E-state index in [2.05, 4.69) is 15.3 Å². The van der Waals surface area contributed by atoms with Crippen LogP contribution in [0.15, 0.2) is 18.2 Å². The smallest absolute Gasteiger partial charge is 0.224 e. The maximum atomic E-state index is 12.0. The van der Waals surface area contributed by atoms with Crippen molar-refractivity contribution in [3.05, 3.63) is 29.6 Å². The Kier molecular flexibility index (Phi) is 5.86. The molecule has 1 heterocycles. The molecule has 1 fully saturated rings. The average Bonchev–Trinajstić information content (AvgIpc) is 2.95. The Morgan fingerprint density at radius 3 is 3.00 bits per heavy atom. The predicted octanol–water partition coefficient (Wildman–Crippen LogP) is 3.27. The van der Waals surface area contributed by atoms with E-state index >= 15 is 0 Å². The Bertz CT molecular complexity index is 674. The second-order valence-electron chi connectivity index (χ2n) is 6.68. The van der Waals surface area contributed by atoms with Crippen LogP contribution in [0, 0.1) is 6.92 Å². The summed E-state index contributed by atoms with van der Waals surface area (Å²) in [6, 6.07) is 5.93. The zero-order valence-electron chi connectivity index (χ0n) is 14.4. The molecule has 1 aromatic carbocycles. The van der Waals surface area contributed by atoms with Gasteiger partial charge in [-0.3, -0.25) is 4.79 Å². The fourth-order valence-corrected chi connectivity index (χ4v) is 3.32. The lowest BCUT2D eigenvalue weighted by Crippen LogP contribution is -2.27. The number of H-pyrrole nitrogens is 1. The molecule has 1 aliphatic rings. The standard InChI is InChI=1S/C19H27N3O2/c1-14-21-17-9-8-15(12-18(17)22-14)13-19(23)20-10-5-11-24-16-6-3-2-4-7-16/h8-9,12,16H,2-7,10-11,13H2,1H3,(H,20,23)(H,21,22). The highest BCUT2D eigenvalue weighted by molar-refractivity contribution is 5.81. The minimum absolute atomic E-state index is 0.0586. The molecular weight excluding hydrogens is 302 g/mol. The second-order valence-corrected chi connectivity index (χ2v) is 6.68. The van der Waals surface area contributed by atoms with Crippen LogP contribution in [0.2, 0.25) is 0 Å². The molecule has 3 rings (SSSR count). The maximum Gasteiger partial charge on any atom is 0.224 e. The Morgan fingerprint density at radius 2 is 2.17 bits per heavy atom. The number of nitrogens with zero attached hydrogens (tertiary/aromatic N) is 1. The molecule has 0 bridgehead atoms. The third-order valence-corrected chi connectivity index (χ3v) is 4.58. The molecule has 0 aliphatic heterocycles. The van der Waals surface area contributed by atoms with Crippen molar-refractivity contribution in [1.82, 2.24) is 15.3 Å². The number of carbonyl (C=O) groups is 1. The molecule has 0 spiro atoms. The lowest BCUT2D eigenvalue weighted by molar-refractivity contribution is -0.120. The molecule has 130 valence electrons. The molecule has 2 aromatic rings. The van der Waals surface area contributed by atoms with Crippen molar-refractivity contribution in [3.63, 3.8) is 0 Å². The van der Waals surface area contributed by atoms with E-state index in [1.807, 2.05) is 25.1 Å². The van der Waals surface area contributed by atoms with Gasteiger partial charge in [0.05, 0.1) is 23.6 Å². The van der Waals surface area contributed by atoms with Gasteiger partial charge < -0.3 is 15.0 Å². The number of nitrogens with one attached hydrogen (secondary N) is 2. The summed E-state index contributed by atoms with van der Waals surface area (Å²) >= 11 is 0. The molecule has 1 aromatic heterocycles. The molecular formula is C19H27N3O2. The van der Waals surface area contributed by atoms with Crippen LogP contribution in [0.4, 0.5) is 0 Å². The minimum atomic E-state index is 0.0586. The fraction of sp³-hybridized carbons (Fsp3) is 0.579. The number of aryl methyl sites for hydroxylation is 1. The monoisotopic (exact) mass is 329 g/mol. The van der Waals surface area contributed by atoms with Gasteiger partial charge in [-0.25, -0.2) is 4.98 Å². The number of aromatic amines is 1. The molecule has 24 heavy (non-hydrogen) atoms. The van der Waals surface area contributed by atoms with E-state index in [0.29, 0.717) is 19.1 Å². The van der Waals surface area contributed by atoms with E-state index in [-0.39, 0.29) is 5.91 Å². The summed E-state index contributed by atoms with van der Waals surface area (Å²) < 4.78 is 5.87. The lowest BCUT2D eigenvalue weighted by atomic mass is 9.98. The summed E-state index contributed by atoms with van der Waals surface area (Å²) in [4.78, 5) is 19.6. The molecule has 1 aliphatic carbocycles. The van der Waals surface area contributed by atoms with E-state index in [1.54, 1.807) is 0 Å². The molecule has 1 saturated carbocycles. The van der Waals surface area contributed by atoms with Gasteiger partial charge in [-0.1, -0.05) is 25.3 Å². The highest BCUT2D eigenvalue weighted by atomic mass is 16.5. The van der Waals surface area contributed by atoms with Crippen LogP contribution < -0.4 is 5.32 Å². The molecule has 0 radical (unpaired) electrons. The van der Waals surface area contributed by atoms with Crippen LogP contribution in [-0.2, 0) is 16.0 Å². The number of ether oxygens (including phenoxy) is 1. The summed E-state index contributed by atoms with van der Waals surface area (Å²) in [6.07, 6.45) is 8.05. The van der Waals surface area contributed by atoms with Gasteiger partial charge in [-0.05, 0) is 43.9 Å². The molecule has 0 atom stereocenters. The normalized spacial score (nSPS) is 15.7. The Balaban J connectivity index is 1.35. The lowest BCUT2D eigenvalue weighted by Gasteiger charge is -2.21. The van der Waals surface area contributed by atoms with Gasteiger partial charge in [0.25, 0.3) is 0 Å². The molecule has 5 heteroatoms. The summed E-state index contributed by atoms with van der Waals surface area (Å²) in [7, 11) is 0. The maximum absolute atomic E-state index is 12.0. The van der Waals surface area contributed by atoms with Crippen molar-refractivity contribution in [3.8, 4) is 0 Å². The van der Waals surface area contributed by atoms with E-state index in [0.717, 1.165) is 35.4 Å². The summed E-state index contributed by atoms with van der Waals surface area (Å²) in [5.74, 6) is 0.952. The third-order valence-electron chi connectivity index (χ3n) is 4.58. The van der Waals surface area contributed by atoms with Gasteiger partial charge in [0.15, 0.2) is 0 Å². The Labute approximate surface area is 143 Å². The van der Waals surface area contributed by atoms with Crippen molar-refractivity contribution < 1.29 is 9.53 Å². The first kappa shape index (κ1) is 17.0. The predicted molar refractivity (Wildman–Crippen MR) is 95.0 cm³/mol. The van der Waals surface area contributed by atoms with Gasteiger partial charge in [0, 0.05) is 13.2 Å². The number of rotatable bonds is 7. The van der Waals surface area contributed by atoms with Gasteiger partial charge >= 0.3 is 0 Å². The average molecular weight is 329 g/mol. The highest BCUT2D eigenvalue weighted by Gasteiger charge is 2.13. The Hall–Kier alpha value is -1.88. The summed E-state index contributed by atoms with van der Waals surface area (Å²) in [6.45, 7) is 3.35. The highest BCUT2D eigenvalue weighted by Crippen LogP contribution is 2.20. The van der Waals surface area contributed by atoms with E-state index in [1.165, 1.54) is 32.1 Å². The van der Waals surface area contributed by atoms with Crippen molar-refractivity contribution in [2.45, 2.75) is 58.0 Å². The van der Waals surface area contributed by atoms with Crippen molar-refractivity contribution in [1.29, 1.82) is 0 Å². The molecule has 5 nitrogen and oxygen atoms in total. The summed E-state index contributed by atoms with van der Waals surface area (Å²) in [5, 5.41) is 2.98. The van der Waals surface area contributed by atoms with E-state index < -0.39 is 0 Å². The Morgan fingerprint density at radius 1 is 1.33 bits per heavy atom. The van der Waals surface area contributed by atoms with Crippen LogP contribution in [-0.4, -0.2) is 35.1 Å². The number of hydrogen-bond donors (Lipinski definition) is 2. The van der Waals surface area contributed by atoms with Crippen molar-refractivity contribution in [2.24, 2.45) is 0 Å². The number of carbonyl (C=O) groups excluding carboxylic acids is 1. The molecule has 1 amide bonds. The molecule has 0 unspecified atom stereocenters. The molecule has 2 N–H and O–H groups in total. The first-order chi connectivity index (χ1) is 11.7. The van der Waals surface area contributed by atoms with Gasteiger partial charge in [-0.2, -0.15) is 0 Å². The quantitative estimate of drug-likeness (QED) is 0.766. The van der Waals surface area contributed by atoms with E-state index in [9.17, 15) is 4.79 Å². The van der Waals surface area contributed by atoms with Gasteiger partial charge in [-0.15, -0.1) is 0 Å². The number of aromatic nitrogens is 2. The van der Waals surface area contributed by atoms with Gasteiger partial charge in [0.1, 0.15) is 5.82 Å². The van der Waals surface area contributed by atoms with Crippen LogP contribution in [0.25, 0.3) is 11.0 Å². The third kappa shape index (κ3) is 4.81. The number of hydrogen-bond acceptors (Lipinski definition) is 3. The van der Waals surface area contributed by atoms with Crippen molar-refractivity contribution in [2.75, 3.05) is 13.2 Å². The SMILES string of the molecule is Cc1nc2ccc(CC(=O)NCCCOC3CCCCC3)cc2[nH]1. The molecule has 0 saturated heterocycles. The summed E-state index contributed by atoms with van der Waals surface area (Å²) in [5.41, 5.74) is 2.93. The van der Waals surface area contributed by atoms with Gasteiger partial charge in [0.2, 0.25) is 5.91 Å². The number of fused-ring (bicyclic) bond motifs is 1. The van der Waals surface area contributed by atoms with Crippen molar-refractivity contribution >= 4 is 16.9 Å². The topological polar surface area (TPSA) is 67.0 Å². The van der Waals surface area contributed by atoms with Crippen LogP contribution in [0.3, 0.4) is 0 Å². The number of imidazole rings is 1. The number of benzene rings is 1. The second kappa shape index (κ2) is 8.29. The number of amides is 1. The first-order valence-corrected chi connectivity index (χ1v) is 9.04. The van der Waals surface area contributed by atoms with Crippen LogP contribution >= 0.6 is 0 Å². The largest absolute Gasteiger partial charge is 0.378 e.